The maximum absolute atomic E-state index is 12.4. The Morgan fingerprint density at radius 3 is 2.32 bits per heavy atom. The van der Waals surface area contributed by atoms with Crippen molar-refractivity contribution in [3.8, 4) is 0 Å². The average molecular weight is 359 g/mol. The molecule has 5 nitrogen and oxygen atoms in total. The van der Waals surface area contributed by atoms with Gasteiger partial charge in [0.2, 0.25) is 0 Å². The normalized spacial score (nSPS) is 11.1. The van der Waals surface area contributed by atoms with Gasteiger partial charge in [-0.15, -0.1) is 0 Å². The molecule has 0 aliphatic carbocycles. The number of hydrogen-bond donors (Lipinski definition) is 2. The minimum absolute atomic E-state index is 0.0131. The maximum Gasteiger partial charge on any atom is 0.337 e. The molecule has 0 aliphatic rings. The number of carbonyl (C=O) groups excluding carboxylic acids is 1. The summed E-state index contributed by atoms with van der Waals surface area (Å²) < 4.78 is 0. The second-order valence-corrected chi connectivity index (χ2v) is 6.20. The first-order valence-corrected chi connectivity index (χ1v) is 7.95. The quantitative estimate of drug-likeness (QED) is 0.788. The van der Waals surface area contributed by atoms with Crippen LogP contribution >= 0.6 is 11.6 Å². The second kappa shape index (κ2) is 7.85. The van der Waals surface area contributed by atoms with E-state index in [1.54, 1.807) is 13.0 Å². The lowest BCUT2D eigenvalue weighted by Gasteiger charge is -2.12. The summed E-state index contributed by atoms with van der Waals surface area (Å²) in [5.41, 5.74) is 2.54. The van der Waals surface area contributed by atoms with Crippen LogP contribution in [0.25, 0.3) is 6.08 Å². The number of carboxylic acid groups (broad SMARTS) is 1. The van der Waals surface area contributed by atoms with Gasteiger partial charge in [-0.1, -0.05) is 23.7 Å². The van der Waals surface area contributed by atoms with Crippen LogP contribution in [0.4, 0.5) is 11.4 Å². The lowest BCUT2D eigenvalue weighted by Crippen LogP contribution is -2.15. The van der Waals surface area contributed by atoms with Gasteiger partial charge in [-0.2, -0.15) is 0 Å². The number of hydrogen-bond acceptors (Lipinski definition) is 3. The molecule has 0 spiro atoms. The Morgan fingerprint density at radius 1 is 1.12 bits per heavy atom. The molecule has 0 saturated carbocycles. The summed E-state index contributed by atoms with van der Waals surface area (Å²) in [6, 6.07) is 12.0. The number of anilines is 2. The first-order chi connectivity index (χ1) is 11.8. The zero-order valence-corrected chi connectivity index (χ0v) is 15.0. The first kappa shape index (κ1) is 18.5. The fourth-order valence-electron chi connectivity index (χ4n) is 2.21. The monoisotopic (exact) mass is 358 g/mol. The Bertz CT molecular complexity index is 827. The number of nitrogens with one attached hydrogen (secondary N) is 1. The molecule has 2 N–H and O–H groups in total. The highest BCUT2D eigenvalue weighted by Gasteiger charge is 2.14. The molecule has 0 fully saturated rings. The molecule has 130 valence electrons. The molecule has 0 bridgehead atoms. The molecule has 0 radical (unpaired) electrons. The summed E-state index contributed by atoms with van der Waals surface area (Å²) in [6.07, 6.45) is 1.74. The fourth-order valence-corrected chi connectivity index (χ4v) is 2.38. The van der Waals surface area contributed by atoms with Crippen LogP contribution < -0.4 is 10.2 Å². The standard InChI is InChI=1S/C19H19ClN2O3/c1-12(10-13-4-7-15(8-5-13)22(2)3)18(23)21-17-11-14(20)6-9-16(17)19(24)25/h4-11H,1-3H3,(H,21,23)(H,24,25). The number of carboxylic acids is 1. The lowest BCUT2D eigenvalue weighted by atomic mass is 10.1. The van der Waals surface area contributed by atoms with E-state index in [1.807, 2.05) is 43.3 Å². The number of carbonyl (C=O) groups is 2. The van der Waals surface area contributed by atoms with Crippen LogP contribution in [0.5, 0.6) is 0 Å². The van der Waals surface area contributed by atoms with Crippen LogP contribution in [0.1, 0.15) is 22.8 Å². The largest absolute Gasteiger partial charge is 0.478 e. The van der Waals surface area contributed by atoms with Crippen LogP contribution in [-0.4, -0.2) is 31.1 Å². The molecule has 25 heavy (non-hydrogen) atoms. The third kappa shape index (κ3) is 4.84. The number of amides is 1. The van der Waals surface area contributed by atoms with Crippen LogP contribution in [0.15, 0.2) is 48.0 Å². The molecule has 0 aromatic heterocycles. The Hall–Kier alpha value is -2.79. The lowest BCUT2D eigenvalue weighted by molar-refractivity contribution is -0.112. The van der Waals surface area contributed by atoms with E-state index in [2.05, 4.69) is 5.32 Å². The van der Waals surface area contributed by atoms with Gasteiger partial charge in [0.1, 0.15) is 0 Å². The third-order valence-electron chi connectivity index (χ3n) is 3.61. The molecule has 2 aromatic rings. The third-order valence-corrected chi connectivity index (χ3v) is 3.85. The van der Waals surface area contributed by atoms with Gasteiger partial charge >= 0.3 is 5.97 Å². The van der Waals surface area contributed by atoms with Crippen LogP contribution in [0.3, 0.4) is 0 Å². The molecule has 0 atom stereocenters. The number of nitrogens with zero attached hydrogens (tertiary/aromatic N) is 1. The SMILES string of the molecule is CC(=Cc1ccc(N(C)C)cc1)C(=O)Nc1cc(Cl)ccc1C(=O)O. The van der Waals surface area contributed by atoms with E-state index in [0.717, 1.165) is 11.3 Å². The predicted octanol–water partition coefficient (Wildman–Crippen LogP) is 4.15. The van der Waals surface area contributed by atoms with Gasteiger partial charge in [0, 0.05) is 30.4 Å². The molecular weight excluding hydrogens is 340 g/mol. The Labute approximate surface area is 151 Å². The van der Waals surface area contributed by atoms with Gasteiger partial charge in [0.15, 0.2) is 0 Å². The highest BCUT2D eigenvalue weighted by Crippen LogP contribution is 2.22. The average Bonchev–Trinajstić information content (AvgIpc) is 2.55. The van der Waals surface area contributed by atoms with Crippen molar-refractivity contribution >= 4 is 40.9 Å². The number of halogens is 1. The van der Waals surface area contributed by atoms with E-state index in [0.29, 0.717) is 10.6 Å². The van der Waals surface area contributed by atoms with Gasteiger partial charge in [-0.05, 0) is 48.9 Å². The van der Waals surface area contributed by atoms with E-state index >= 15 is 0 Å². The zero-order chi connectivity index (χ0) is 18.6. The molecular formula is C19H19ClN2O3. The van der Waals surface area contributed by atoms with Crippen molar-refractivity contribution in [2.24, 2.45) is 0 Å². The molecule has 0 aliphatic heterocycles. The van der Waals surface area contributed by atoms with Gasteiger partial charge in [0.05, 0.1) is 11.3 Å². The van der Waals surface area contributed by atoms with Gasteiger partial charge < -0.3 is 15.3 Å². The minimum Gasteiger partial charge on any atom is -0.478 e. The molecule has 2 rings (SSSR count). The molecule has 0 unspecified atom stereocenters. The number of benzene rings is 2. The van der Waals surface area contributed by atoms with Gasteiger partial charge in [-0.25, -0.2) is 4.79 Å². The molecule has 6 heteroatoms. The van der Waals surface area contributed by atoms with E-state index in [-0.39, 0.29) is 17.2 Å². The van der Waals surface area contributed by atoms with Crippen molar-refractivity contribution in [1.29, 1.82) is 0 Å². The smallest absolute Gasteiger partial charge is 0.337 e. The minimum atomic E-state index is -1.13. The Morgan fingerprint density at radius 2 is 1.76 bits per heavy atom. The second-order valence-electron chi connectivity index (χ2n) is 5.76. The molecule has 1 amide bonds. The molecule has 2 aromatic carbocycles. The fraction of sp³-hybridized carbons (Fsp3) is 0.158. The van der Waals surface area contributed by atoms with Crippen LogP contribution in [-0.2, 0) is 4.79 Å². The van der Waals surface area contributed by atoms with Crippen molar-refractivity contribution in [3.63, 3.8) is 0 Å². The first-order valence-electron chi connectivity index (χ1n) is 7.58. The highest BCUT2D eigenvalue weighted by molar-refractivity contribution is 6.31. The zero-order valence-electron chi connectivity index (χ0n) is 14.2. The van der Waals surface area contributed by atoms with Crippen molar-refractivity contribution in [2.75, 3.05) is 24.3 Å². The van der Waals surface area contributed by atoms with Crippen molar-refractivity contribution in [2.45, 2.75) is 6.92 Å². The van der Waals surface area contributed by atoms with Crippen molar-refractivity contribution in [3.05, 3.63) is 64.2 Å². The summed E-state index contributed by atoms with van der Waals surface area (Å²) in [7, 11) is 3.91. The van der Waals surface area contributed by atoms with E-state index in [4.69, 9.17) is 11.6 Å². The van der Waals surface area contributed by atoms with Crippen LogP contribution in [0.2, 0.25) is 5.02 Å². The number of rotatable bonds is 5. The predicted molar refractivity (Wildman–Crippen MR) is 101 cm³/mol. The van der Waals surface area contributed by atoms with E-state index in [1.165, 1.54) is 18.2 Å². The van der Waals surface area contributed by atoms with E-state index in [9.17, 15) is 14.7 Å². The number of aromatic carboxylic acids is 1. The van der Waals surface area contributed by atoms with Crippen LogP contribution in [0, 0.1) is 0 Å². The summed E-state index contributed by atoms with van der Waals surface area (Å²) in [4.78, 5) is 25.6. The van der Waals surface area contributed by atoms with Crippen molar-refractivity contribution < 1.29 is 14.7 Å². The van der Waals surface area contributed by atoms with Gasteiger partial charge in [-0.3, -0.25) is 4.79 Å². The van der Waals surface area contributed by atoms with Gasteiger partial charge in [0.25, 0.3) is 5.91 Å². The Balaban J connectivity index is 2.20. The Kier molecular flexibility index (Phi) is 5.83. The maximum atomic E-state index is 12.4. The van der Waals surface area contributed by atoms with Crippen molar-refractivity contribution in [1.82, 2.24) is 0 Å². The summed E-state index contributed by atoms with van der Waals surface area (Å²) in [5, 5.41) is 12.2. The summed E-state index contributed by atoms with van der Waals surface area (Å²) in [6.45, 7) is 1.67. The molecule has 0 heterocycles. The summed E-state index contributed by atoms with van der Waals surface area (Å²) >= 11 is 5.89. The van der Waals surface area contributed by atoms with E-state index < -0.39 is 5.97 Å². The molecule has 0 saturated heterocycles. The highest BCUT2D eigenvalue weighted by atomic mass is 35.5. The topological polar surface area (TPSA) is 69.6 Å². The summed E-state index contributed by atoms with van der Waals surface area (Å²) in [5.74, 6) is -1.52.